The van der Waals surface area contributed by atoms with Gasteiger partial charge in [0.15, 0.2) is 0 Å². The Morgan fingerprint density at radius 3 is 2.50 bits per heavy atom. The van der Waals surface area contributed by atoms with Gasteiger partial charge >= 0.3 is 6.09 Å². The van der Waals surface area contributed by atoms with Crippen LogP contribution in [0.15, 0.2) is 72.9 Å². The van der Waals surface area contributed by atoms with Gasteiger partial charge in [0.1, 0.15) is 40.6 Å². The van der Waals surface area contributed by atoms with E-state index in [4.69, 9.17) is 27.1 Å². The highest BCUT2D eigenvalue weighted by Gasteiger charge is 2.31. The van der Waals surface area contributed by atoms with Gasteiger partial charge in [-0.05, 0) is 68.8 Å². The molecule has 1 aliphatic heterocycles. The molecule has 5 rings (SSSR count). The lowest BCUT2D eigenvalue weighted by Crippen LogP contribution is -2.49. The van der Waals surface area contributed by atoms with Gasteiger partial charge in [0.25, 0.3) is 0 Å². The van der Waals surface area contributed by atoms with Crippen LogP contribution in [0.5, 0.6) is 0 Å². The van der Waals surface area contributed by atoms with Crippen LogP contribution in [0.25, 0.3) is 17.5 Å². The molecule has 0 spiro atoms. The highest BCUT2D eigenvalue weighted by Crippen LogP contribution is 2.34. The minimum atomic E-state index is -0.975. The number of benzene rings is 3. The number of hydrogen-bond acceptors (Lipinski definition) is 6. The zero-order valence-electron chi connectivity index (χ0n) is 24.3. The third-order valence-electron chi connectivity index (χ3n) is 6.66. The van der Waals surface area contributed by atoms with Gasteiger partial charge < -0.3 is 26.0 Å². The summed E-state index contributed by atoms with van der Waals surface area (Å²) in [6.07, 6.45) is 2.63. The Hall–Kier alpha value is -4.90. The van der Waals surface area contributed by atoms with Crippen LogP contribution >= 0.6 is 11.6 Å². The molecule has 2 amide bonds. The second-order valence-electron chi connectivity index (χ2n) is 11.3. The van der Waals surface area contributed by atoms with Crippen molar-refractivity contribution in [2.24, 2.45) is 0 Å². The number of fused-ring (bicyclic) bond motifs is 1. The number of imidazole rings is 1. The predicted octanol–water partition coefficient (Wildman–Crippen LogP) is 6.71. The van der Waals surface area contributed by atoms with Gasteiger partial charge in [0.2, 0.25) is 5.91 Å². The molecule has 4 aromatic rings. The second-order valence-corrected chi connectivity index (χ2v) is 11.7. The molecule has 228 valence electrons. The summed E-state index contributed by atoms with van der Waals surface area (Å²) in [4.78, 5) is 32.8. The van der Waals surface area contributed by atoms with Gasteiger partial charge in [-0.2, -0.15) is 0 Å². The van der Waals surface area contributed by atoms with Crippen LogP contribution in [0.2, 0.25) is 5.02 Å². The van der Waals surface area contributed by atoms with E-state index in [1.165, 1.54) is 29.2 Å². The number of rotatable bonds is 7. The van der Waals surface area contributed by atoms with E-state index in [9.17, 15) is 18.4 Å². The fourth-order valence-electron chi connectivity index (χ4n) is 4.66. The van der Waals surface area contributed by atoms with Crippen molar-refractivity contribution >= 4 is 47.0 Å². The van der Waals surface area contributed by atoms with Crippen molar-refractivity contribution in [2.45, 2.75) is 45.4 Å². The summed E-state index contributed by atoms with van der Waals surface area (Å²) in [7, 11) is 0. The molecular formula is C32H31ClF2N6O3. The van der Waals surface area contributed by atoms with E-state index < -0.39 is 35.3 Å². The van der Waals surface area contributed by atoms with Gasteiger partial charge in [-0.25, -0.2) is 18.6 Å². The molecule has 1 unspecified atom stereocenters. The lowest BCUT2D eigenvalue weighted by Gasteiger charge is -2.28. The molecule has 1 aromatic heterocycles. The SMILES string of the molecule is CC(C)(C)OC(=O)NC(Cc1ccc(N)cc1)C(=O)N1C=Cn2c(nc(-c3cccc(F)c3)c2Nc2ccc(Cl)c(F)c2)C1. The molecule has 9 nitrogen and oxygen atoms in total. The van der Waals surface area contributed by atoms with E-state index in [0.717, 1.165) is 5.56 Å². The maximum absolute atomic E-state index is 14.2. The number of nitrogen functional groups attached to an aromatic ring is 1. The number of aromatic nitrogens is 2. The molecule has 0 radical (unpaired) electrons. The van der Waals surface area contributed by atoms with Crippen molar-refractivity contribution in [1.82, 2.24) is 19.8 Å². The minimum Gasteiger partial charge on any atom is -0.444 e. The summed E-state index contributed by atoms with van der Waals surface area (Å²) in [5, 5.41) is 5.83. The Kier molecular flexibility index (Phi) is 8.59. The van der Waals surface area contributed by atoms with E-state index in [-0.39, 0.29) is 18.0 Å². The first-order valence-corrected chi connectivity index (χ1v) is 14.2. The third kappa shape index (κ3) is 7.17. The van der Waals surface area contributed by atoms with E-state index >= 15 is 0 Å². The van der Waals surface area contributed by atoms with Crippen LogP contribution < -0.4 is 16.4 Å². The van der Waals surface area contributed by atoms with Gasteiger partial charge in [-0.1, -0.05) is 35.9 Å². The number of amides is 2. The average Bonchev–Trinajstić information content (AvgIpc) is 3.32. The number of alkyl carbamates (subject to hydrolysis) is 1. The molecule has 44 heavy (non-hydrogen) atoms. The molecule has 4 N–H and O–H groups in total. The molecule has 0 bridgehead atoms. The average molecular weight is 621 g/mol. The fourth-order valence-corrected chi connectivity index (χ4v) is 4.78. The second kappa shape index (κ2) is 12.4. The summed E-state index contributed by atoms with van der Waals surface area (Å²) >= 11 is 5.86. The number of carbonyl (C=O) groups excluding carboxylic acids is 2. The fraction of sp³-hybridized carbons (Fsp3) is 0.219. The maximum atomic E-state index is 14.2. The normalized spacial score (nSPS) is 13.3. The first kappa shape index (κ1) is 30.6. The zero-order chi connectivity index (χ0) is 31.6. The lowest BCUT2D eigenvalue weighted by molar-refractivity contribution is -0.131. The number of carbonyl (C=O) groups is 2. The molecule has 0 saturated carbocycles. The van der Waals surface area contributed by atoms with Crippen molar-refractivity contribution < 1.29 is 23.1 Å². The van der Waals surface area contributed by atoms with Gasteiger partial charge in [-0.3, -0.25) is 9.36 Å². The molecule has 2 heterocycles. The molecule has 1 aliphatic rings. The largest absolute Gasteiger partial charge is 0.444 e. The molecule has 0 saturated heterocycles. The number of nitrogens with two attached hydrogens (primary N) is 1. The number of ether oxygens (including phenoxy) is 1. The lowest BCUT2D eigenvalue weighted by atomic mass is 10.0. The van der Waals surface area contributed by atoms with Gasteiger partial charge in [-0.15, -0.1) is 0 Å². The summed E-state index contributed by atoms with van der Waals surface area (Å²) < 4.78 is 35.6. The number of anilines is 3. The number of halogens is 3. The van der Waals surface area contributed by atoms with Crippen molar-refractivity contribution in [3.63, 3.8) is 0 Å². The number of nitrogens with zero attached hydrogens (tertiary/aromatic N) is 3. The summed E-state index contributed by atoms with van der Waals surface area (Å²) in [5.41, 5.74) is 7.67. The van der Waals surface area contributed by atoms with Gasteiger partial charge in [0.05, 0.1) is 11.6 Å². The first-order chi connectivity index (χ1) is 20.9. The van der Waals surface area contributed by atoms with Crippen LogP contribution in [0.4, 0.5) is 30.8 Å². The van der Waals surface area contributed by atoms with Crippen LogP contribution in [0, 0.1) is 11.6 Å². The van der Waals surface area contributed by atoms with Crippen LogP contribution in [0.3, 0.4) is 0 Å². The molecule has 0 fully saturated rings. The topological polar surface area (TPSA) is 115 Å². The standard InChI is InChI=1S/C32H31ClF2N6O3/c1-32(2,3)44-31(43)38-26(15-19-7-9-22(36)10-8-19)30(42)40-13-14-41-27(18-40)39-28(20-5-4-6-21(34)16-20)29(41)37-23-11-12-24(33)25(35)17-23/h4-14,16-17,26,37H,15,18,36H2,1-3H3,(H,38,43). The quantitative estimate of drug-likeness (QED) is 0.198. The van der Waals surface area contributed by atoms with Crippen molar-refractivity contribution in [1.29, 1.82) is 0 Å². The Morgan fingerprint density at radius 2 is 1.82 bits per heavy atom. The van der Waals surface area contributed by atoms with E-state index in [1.54, 1.807) is 80.2 Å². The molecule has 0 aliphatic carbocycles. The molecule has 12 heteroatoms. The van der Waals surface area contributed by atoms with E-state index in [1.807, 2.05) is 0 Å². The zero-order valence-corrected chi connectivity index (χ0v) is 25.0. The Labute approximate surface area is 258 Å². The predicted molar refractivity (Wildman–Crippen MR) is 166 cm³/mol. The monoisotopic (exact) mass is 620 g/mol. The number of nitrogens with one attached hydrogen (secondary N) is 2. The number of hydrogen-bond donors (Lipinski definition) is 3. The van der Waals surface area contributed by atoms with Crippen molar-refractivity contribution in [3.8, 4) is 11.3 Å². The van der Waals surface area contributed by atoms with Crippen LogP contribution in [0.1, 0.15) is 32.2 Å². The minimum absolute atomic E-state index is 0.0289. The Balaban J connectivity index is 1.46. The summed E-state index contributed by atoms with van der Waals surface area (Å²) in [5.74, 6) is -0.594. The van der Waals surface area contributed by atoms with Crippen LogP contribution in [-0.2, 0) is 22.5 Å². The maximum Gasteiger partial charge on any atom is 0.408 e. The molecule has 3 aromatic carbocycles. The van der Waals surface area contributed by atoms with Crippen molar-refractivity contribution in [3.05, 3.63) is 101 Å². The molecular weight excluding hydrogens is 590 g/mol. The van der Waals surface area contributed by atoms with E-state index in [0.29, 0.717) is 34.3 Å². The van der Waals surface area contributed by atoms with Crippen LogP contribution in [-0.4, -0.2) is 38.1 Å². The van der Waals surface area contributed by atoms with Gasteiger partial charge in [0, 0.05) is 35.8 Å². The molecule has 1 atom stereocenters. The first-order valence-electron chi connectivity index (χ1n) is 13.8. The highest BCUT2D eigenvalue weighted by molar-refractivity contribution is 6.30. The van der Waals surface area contributed by atoms with Crippen molar-refractivity contribution in [2.75, 3.05) is 11.1 Å². The third-order valence-corrected chi connectivity index (χ3v) is 6.97. The Bertz CT molecular complexity index is 1730. The smallest absolute Gasteiger partial charge is 0.408 e. The summed E-state index contributed by atoms with van der Waals surface area (Å²) in [6.45, 7) is 5.23. The highest BCUT2D eigenvalue weighted by atomic mass is 35.5. The van der Waals surface area contributed by atoms with E-state index in [2.05, 4.69) is 10.6 Å². The summed E-state index contributed by atoms with van der Waals surface area (Å²) in [6, 6.07) is 16.2. The Morgan fingerprint density at radius 1 is 1.07 bits per heavy atom.